The van der Waals surface area contributed by atoms with Gasteiger partial charge in [0.05, 0.1) is 0 Å². The van der Waals surface area contributed by atoms with E-state index >= 15 is 0 Å². The van der Waals surface area contributed by atoms with Gasteiger partial charge in [-0.3, -0.25) is 0 Å². The maximum atomic E-state index is 9.67. The number of nitrogens with zero attached hydrogens (tertiary/aromatic N) is 1. The lowest BCUT2D eigenvalue weighted by atomic mass is 9.91. The number of hydrogen-bond donors (Lipinski definition) is 2. The number of aromatic nitrogens is 1. The van der Waals surface area contributed by atoms with Crippen LogP contribution in [0.5, 0.6) is 5.75 Å². The molecule has 0 unspecified atom stereocenters. The summed E-state index contributed by atoms with van der Waals surface area (Å²) in [6, 6.07) is 6.32. The fraction of sp³-hybridized carbons (Fsp3) is 0.429. The Morgan fingerprint density at radius 3 is 3.24 bits per heavy atom. The number of fused-ring (bicyclic) bond motifs is 3. The van der Waals surface area contributed by atoms with Crippen molar-refractivity contribution in [1.82, 2.24) is 9.88 Å². The van der Waals surface area contributed by atoms with E-state index < -0.39 is 0 Å². The molecule has 2 N–H and O–H groups in total. The lowest BCUT2D eigenvalue weighted by molar-refractivity contribution is 0.384. The molecule has 2 aliphatic rings. The van der Waals surface area contributed by atoms with Gasteiger partial charge in [-0.15, -0.1) is 0 Å². The third-order valence-corrected chi connectivity index (χ3v) is 4.17. The molecule has 3 heteroatoms. The van der Waals surface area contributed by atoms with Gasteiger partial charge in [-0.05, 0) is 43.0 Å². The Hall–Kier alpha value is -1.48. The van der Waals surface area contributed by atoms with Crippen LogP contribution in [0.4, 0.5) is 0 Å². The van der Waals surface area contributed by atoms with Crippen molar-refractivity contribution in [3.05, 3.63) is 29.5 Å². The van der Waals surface area contributed by atoms with Gasteiger partial charge in [0.15, 0.2) is 0 Å². The highest BCUT2D eigenvalue weighted by Gasteiger charge is 2.29. The van der Waals surface area contributed by atoms with Gasteiger partial charge in [-0.25, -0.2) is 0 Å². The number of benzene rings is 1. The maximum absolute atomic E-state index is 9.67. The molecule has 0 saturated carbocycles. The quantitative estimate of drug-likeness (QED) is 0.726. The van der Waals surface area contributed by atoms with Crippen LogP contribution in [0.25, 0.3) is 10.9 Å². The summed E-state index contributed by atoms with van der Waals surface area (Å²) in [7, 11) is 0. The second kappa shape index (κ2) is 3.26. The Morgan fingerprint density at radius 2 is 2.29 bits per heavy atom. The van der Waals surface area contributed by atoms with Gasteiger partial charge < -0.3 is 15.0 Å². The zero-order valence-electron chi connectivity index (χ0n) is 9.74. The molecule has 1 aliphatic heterocycles. The standard InChI is InChI=1S/C14H16N2O/c17-9-4-5-13-11(8-9)10-2-1-3-12-14(10)16(13)7-6-15-12/h4-5,8,12,15,17H,1-3,6-7H2/t12-/m1/s1. The number of rotatable bonds is 0. The minimum Gasteiger partial charge on any atom is -0.508 e. The average molecular weight is 228 g/mol. The van der Waals surface area contributed by atoms with E-state index in [1.54, 1.807) is 6.07 Å². The monoisotopic (exact) mass is 228 g/mol. The molecule has 3 nitrogen and oxygen atoms in total. The molecule has 0 radical (unpaired) electrons. The molecule has 0 bridgehead atoms. The van der Waals surface area contributed by atoms with Crippen LogP contribution in [0.3, 0.4) is 0 Å². The molecular weight excluding hydrogens is 212 g/mol. The van der Waals surface area contributed by atoms with Gasteiger partial charge >= 0.3 is 0 Å². The minimum atomic E-state index is 0.381. The lowest BCUT2D eigenvalue weighted by Crippen LogP contribution is -2.35. The first-order chi connectivity index (χ1) is 8.34. The summed E-state index contributed by atoms with van der Waals surface area (Å²) in [4.78, 5) is 0. The topological polar surface area (TPSA) is 37.2 Å². The van der Waals surface area contributed by atoms with Crippen LogP contribution >= 0.6 is 0 Å². The van der Waals surface area contributed by atoms with Crippen molar-refractivity contribution in [3.8, 4) is 5.75 Å². The van der Waals surface area contributed by atoms with Crippen molar-refractivity contribution in [1.29, 1.82) is 0 Å². The Morgan fingerprint density at radius 1 is 1.35 bits per heavy atom. The predicted octanol–water partition coefficient (Wildman–Crippen LogP) is 2.33. The molecule has 1 aliphatic carbocycles. The van der Waals surface area contributed by atoms with Crippen LogP contribution < -0.4 is 5.32 Å². The number of phenols is 1. The number of aromatic hydroxyl groups is 1. The summed E-state index contributed by atoms with van der Waals surface area (Å²) in [6.07, 6.45) is 3.65. The number of aryl methyl sites for hydroxylation is 1. The first-order valence-corrected chi connectivity index (χ1v) is 6.42. The van der Waals surface area contributed by atoms with E-state index in [1.165, 1.54) is 35.0 Å². The number of nitrogens with one attached hydrogen (secondary N) is 1. The second-order valence-electron chi connectivity index (χ2n) is 5.12. The molecule has 0 fully saturated rings. The fourth-order valence-electron chi connectivity index (χ4n) is 3.50. The highest BCUT2D eigenvalue weighted by molar-refractivity contribution is 5.87. The summed E-state index contributed by atoms with van der Waals surface area (Å²) in [5.41, 5.74) is 4.23. The molecule has 4 rings (SSSR count). The maximum Gasteiger partial charge on any atom is 0.116 e. The summed E-state index contributed by atoms with van der Waals surface area (Å²) in [5, 5.41) is 14.5. The largest absolute Gasteiger partial charge is 0.508 e. The van der Waals surface area contributed by atoms with E-state index in [0.717, 1.165) is 19.5 Å². The van der Waals surface area contributed by atoms with Crippen molar-refractivity contribution >= 4 is 10.9 Å². The molecule has 0 spiro atoms. The van der Waals surface area contributed by atoms with Crippen molar-refractivity contribution in [2.45, 2.75) is 31.8 Å². The SMILES string of the molecule is Oc1ccc2c(c1)c1c3n2CCN[C@@H]3CCC1. The van der Waals surface area contributed by atoms with E-state index in [9.17, 15) is 5.11 Å². The van der Waals surface area contributed by atoms with Crippen molar-refractivity contribution in [2.24, 2.45) is 0 Å². The Balaban J connectivity index is 2.11. The zero-order chi connectivity index (χ0) is 11.4. The van der Waals surface area contributed by atoms with E-state index in [0.29, 0.717) is 11.8 Å². The molecule has 1 aromatic heterocycles. The molecule has 2 heterocycles. The van der Waals surface area contributed by atoms with Crippen molar-refractivity contribution in [2.75, 3.05) is 6.54 Å². The molecule has 1 aromatic carbocycles. The molecule has 17 heavy (non-hydrogen) atoms. The van der Waals surface area contributed by atoms with E-state index in [1.807, 2.05) is 6.07 Å². The van der Waals surface area contributed by atoms with Crippen LogP contribution in [0, 0.1) is 0 Å². The highest BCUT2D eigenvalue weighted by atomic mass is 16.3. The minimum absolute atomic E-state index is 0.381. The fourth-order valence-corrected chi connectivity index (χ4v) is 3.50. The van der Waals surface area contributed by atoms with Crippen LogP contribution in [0.1, 0.15) is 30.1 Å². The smallest absolute Gasteiger partial charge is 0.116 e. The Kier molecular flexibility index (Phi) is 1.83. The Labute approximate surface area is 100 Å². The van der Waals surface area contributed by atoms with Gasteiger partial charge in [-0.1, -0.05) is 0 Å². The van der Waals surface area contributed by atoms with Crippen molar-refractivity contribution in [3.63, 3.8) is 0 Å². The van der Waals surface area contributed by atoms with Crippen LogP contribution in [0.2, 0.25) is 0 Å². The summed E-state index contributed by atoms with van der Waals surface area (Å²) in [5.74, 6) is 0.381. The van der Waals surface area contributed by atoms with E-state index in [2.05, 4.69) is 16.0 Å². The molecule has 0 amide bonds. The zero-order valence-corrected chi connectivity index (χ0v) is 9.74. The summed E-state index contributed by atoms with van der Waals surface area (Å²) in [6.45, 7) is 2.11. The molecule has 0 saturated heterocycles. The number of hydrogen-bond acceptors (Lipinski definition) is 2. The third kappa shape index (κ3) is 1.20. The van der Waals surface area contributed by atoms with Crippen LogP contribution in [0.15, 0.2) is 18.2 Å². The summed E-state index contributed by atoms with van der Waals surface area (Å²) >= 11 is 0. The average Bonchev–Trinajstić information content (AvgIpc) is 2.67. The molecule has 1 atom stereocenters. The number of phenolic OH excluding ortho intramolecular Hbond substituents is 1. The van der Waals surface area contributed by atoms with Crippen molar-refractivity contribution < 1.29 is 5.11 Å². The predicted molar refractivity (Wildman–Crippen MR) is 67.3 cm³/mol. The van der Waals surface area contributed by atoms with Gasteiger partial charge in [0, 0.05) is 35.7 Å². The molecule has 88 valence electrons. The van der Waals surface area contributed by atoms with E-state index in [4.69, 9.17) is 0 Å². The molecular formula is C14H16N2O. The van der Waals surface area contributed by atoms with Crippen LogP contribution in [-0.2, 0) is 13.0 Å². The highest BCUT2D eigenvalue weighted by Crippen LogP contribution is 2.39. The van der Waals surface area contributed by atoms with Gasteiger partial charge in [0.1, 0.15) is 5.75 Å². The normalized spacial score (nSPS) is 22.7. The summed E-state index contributed by atoms with van der Waals surface area (Å²) < 4.78 is 2.45. The van der Waals surface area contributed by atoms with Gasteiger partial charge in [0.25, 0.3) is 0 Å². The van der Waals surface area contributed by atoms with Crippen LogP contribution in [-0.4, -0.2) is 16.2 Å². The lowest BCUT2D eigenvalue weighted by Gasteiger charge is -2.31. The second-order valence-corrected chi connectivity index (χ2v) is 5.12. The first kappa shape index (κ1) is 9.54. The first-order valence-electron chi connectivity index (χ1n) is 6.42. The third-order valence-electron chi connectivity index (χ3n) is 4.17. The molecule has 2 aromatic rings. The van der Waals surface area contributed by atoms with Gasteiger partial charge in [0.2, 0.25) is 0 Å². The van der Waals surface area contributed by atoms with Gasteiger partial charge in [-0.2, -0.15) is 0 Å². The Bertz CT molecular complexity index is 598. The van der Waals surface area contributed by atoms with E-state index in [-0.39, 0.29) is 0 Å².